The summed E-state index contributed by atoms with van der Waals surface area (Å²) in [5.41, 5.74) is 3.98. The average Bonchev–Trinajstić information content (AvgIpc) is 2.80. The minimum Gasteiger partial charge on any atom is -0.324 e. The molecule has 140 valence electrons. The number of nitrogens with one attached hydrogen (secondary N) is 1. The van der Waals surface area contributed by atoms with Gasteiger partial charge in [0.15, 0.2) is 0 Å². The number of carbonyl (C=O) groups is 2. The summed E-state index contributed by atoms with van der Waals surface area (Å²) in [6.45, 7) is 3.83. The number of aryl methyl sites for hydroxylation is 2. The van der Waals surface area contributed by atoms with E-state index in [4.69, 9.17) is 0 Å². The highest BCUT2D eigenvalue weighted by Crippen LogP contribution is 2.39. The van der Waals surface area contributed by atoms with Crippen molar-refractivity contribution in [2.24, 2.45) is 0 Å². The molecule has 6 heteroatoms. The standard InChI is InChI=1S/C22H19N3O2S/c1-14-7-5-8-15(2)20(14)24-19(26)13-25-17-10-3-4-11-18(17)28-21-16(22(25)27)9-6-12-23-21/h3-12H,13H2,1-2H3,(H,24,26). The zero-order chi connectivity index (χ0) is 19.7. The number of pyridine rings is 1. The molecule has 0 fully saturated rings. The van der Waals surface area contributed by atoms with Gasteiger partial charge in [0.2, 0.25) is 5.91 Å². The molecule has 1 N–H and O–H groups in total. The van der Waals surface area contributed by atoms with Gasteiger partial charge in [-0.15, -0.1) is 0 Å². The van der Waals surface area contributed by atoms with Gasteiger partial charge in [0.25, 0.3) is 5.91 Å². The molecular formula is C22H19N3O2S. The van der Waals surface area contributed by atoms with Crippen LogP contribution in [0.25, 0.3) is 0 Å². The van der Waals surface area contributed by atoms with Crippen molar-refractivity contribution in [1.29, 1.82) is 0 Å². The zero-order valence-electron chi connectivity index (χ0n) is 15.6. The molecule has 0 saturated heterocycles. The van der Waals surface area contributed by atoms with Crippen LogP contribution in [-0.4, -0.2) is 23.3 Å². The summed E-state index contributed by atoms with van der Waals surface area (Å²) in [6.07, 6.45) is 1.67. The summed E-state index contributed by atoms with van der Waals surface area (Å²) in [5, 5.41) is 3.62. The SMILES string of the molecule is Cc1cccc(C)c1NC(=O)CN1C(=O)c2cccnc2Sc2ccccc21. The molecule has 28 heavy (non-hydrogen) atoms. The highest BCUT2D eigenvalue weighted by molar-refractivity contribution is 7.99. The smallest absolute Gasteiger partial charge is 0.261 e. The summed E-state index contributed by atoms with van der Waals surface area (Å²) in [6, 6.07) is 16.9. The van der Waals surface area contributed by atoms with Crippen molar-refractivity contribution in [2.75, 3.05) is 16.8 Å². The average molecular weight is 389 g/mol. The number of hydrogen-bond acceptors (Lipinski definition) is 4. The highest BCUT2D eigenvalue weighted by atomic mass is 32.2. The van der Waals surface area contributed by atoms with Crippen LogP contribution in [0.1, 0.15) is 21.5 Å². The summed E-state index contributed by atoms with van der Waals surface area (Å²) in [4.78, 5) is 32.8. The minimum absolute atomic E-state index is 0.0709. The molecule has 0 spiro atoms. The van der Waals surface area contributed by atoms with E-state index in [2.05, 4.69) is 10.3 Å². The predicted molar refractivity (Wildman–Crippen MR) is 111 cm³/mol. The van der Waals surface area contributed by atoms with Gasteiger partial charge in [0.05, 0.1) is 11.3 Å². The number of hydrogen-bond donors (Lipinski definition) is 1. The lowest BCUT2D eigenvalue weighted by Crippen LogP contribution is -2.38. The first kappa shape index (κ1) is 18.3. The number of benzene rings is 2. The van der Waals surface area contributed by atoms with E-state index in [9.17, 15) is 9.59 Å². The normalized spacial score (nSPS) is 12.8. The zero-order valence-corrected chi connectivity index (χ0v) is 16.4. The Morgan fingerprint density at radius 2 is 1.79 bits per heavy atom. The molecule has 0 atom stereocenters. The summed E-state index contributed by atoms with van der Waals surface area (Å²) < 4.78 is 0. The van der Waals surface area contributed by atoms with Gasteiger partial charge in [-0.3, -0.25) is 14.5 Å². The van der Waals surface area contributed by atoms with Crippen LogP contribution in [0, 0.1) is 13.8 Å². The lowest BCUT2D eigenvalue weighted by molar-refractivity contribution is -0.114. The van der Waals surface area contributed by atoms with Crippen molar-refractivity contribution in [2.45, 2.75) is 23.8 Å². The molecule has 0 bridgehead atoms. The molecule has 0 saturated carbocycles. The fraction of sp³-hybridized carbons (Fsp3) is 0.136. The number of rotatable bonds is 3. The van der Waals surface area contributed by atoms with E-state index in [1.54, 1.807) is 18.3 Å². The van der Waals surface area contributed by atoms with Gasteiger partial charge < -0.3 is 5.32 Å². The molecule has 1 aliphatic heterocycles. The van der Waals surface area contributed by atoms with E-state index >= 15 is 0 Å². The molecule has 2 amide bonds. The summed E-state index contributed by atoms with van der Waals surface area (Å²) in [7, 11) is 0. The number of carbonyl (C=O) groups excluding carboxylic acids is 2. The van der Waals surface area contributed by atoms with E-state index in [1.165, 1.54) is 16.7 Å². The van der Waals surface area contributed by atoms with Crippen molar-refractivity contribution in [1.82, 2.24) is 4.98 Å². The largest absolute Gasteiger partial charge is 0.324 e. The van der Waals surface area contributed by atoms with Crippen LogP contribution in [0.2, 0.25) is 0 Å². The topological polar surface area (TPSA) is 62.3 Å². The van der Waals surface area contributed by atoms with Gasteiger partial charge in [-0.05, 0) is 49.2 Å². The second kappa shape index (κ2) is 7.48. The molecule has 2 aromatic carbocycles. The molecule has 0 radical (unpaired) electrons. The Hall–Kier alpha value is -3.12. The van der Waals surface area contributed by atoms with Crippen LogP contribution in [0.4, 0.5) is 11.4 Å². The fourth-order valence-corrected chi connectivity index (χ4v) is 4.27. The molecule has 2 heterocycles. The van der Waals surface area contributed by atoms with Gasteiger partial charge in [-0.25, -0.2) is 4.98 Å². The molecule has 4 rings (SSSR count). The van der Waals surface area contributed by atoms with Gasteiger partial charge in [0, 0.05) is 16.8 Å². The Morgan fingerprint density at radius 1 is 1.04 bits per heavy atom. The maximum Gasteiger partial charge on any atom is 0.261 e. The monoisotopic (exact) mass is 389 g/mol. The number of anilines is 2. The van der Waals surface area contributed by atoms with E-state index in [0.29, 0.717) is 16.3 Å². The predicted octanol–water partition coefficient (Wildman–Crippen LogP) is 4.45. The Balaban J connectivity index is 1.68. The summed E-state index contributed by atoms with van der Waals surface area (Å²) in [5.74, 6) is -0.463. The van der Waals surface area contributed by atoms with Crippen LogP contribution in [0.3, 0.4) is 0 Å². The van der Waals surface area contributed by atoms with E-state index in [-0.39, 0.29) is 18.4 Å². The summed E-state index contributed by atoms with van der Waals surface area (Å²) >= 11 is 1.44. The van der Waals surface area contributed by atoms with Crippen LogP contribution in [-0.2, 0) is 4.79 Å². The number of amides is 2. The number of nitrogens with zero attached hydrogens (tertiary/aromatic N) is 2. The van der Waals surface area contributed by atoms with Crippen LogP contribution < -0.4 is 10.2 Å². The Morgan fingerprint density at radius 3 is 2.57 bits per heavy atom. The lowest BCUT2D eigenvalue weighted by atomic mass is 10.1. The Bertz CT molecular complexity index is 1060. The van der Waals surface area contributed by atoms with Gasteiger partial charge in [0.1, 0.15) is 11.6 Å². The Kier molecular flexibility index (Phi) is 4.88. The molecule has 3 aromatic rings. The first-order valence-electron chi connectivity index (χ1n) is 8.94. The number of fused-ring (bicyclic) bond motifs is 2. The molecule has 0 aliphatic carbocycles. The Labute approximate surface area is 167 Å². The fourth-order valence-electron chi connectivity index (χ4n) is 3.25. The third-order valence-corrected chi connectivity index (χ3v) is 5.74. The van der Waals surface area contributed by atoms with Gasteiger partial charge in [-0.2, -0.15) is 0 Å². The number of aromatic nitrogens is 1. The van der Waals surface area contributed by atoms with Crippen molar-refractivity contribution in [3.05, 3.63) is 77.5 Å². The van der Waals surface area contributed by atoms with E-state index in [1.807, 2.05) is 56.3 Å². The maximum atomic E-state index is 13.2. The minimum atomic E-state index is -0.238. The lowest BCUT2D eigenvalue weighted by Gasteiger charge is -2.23. The molecular weight excluding hydrogens is 370 g/mol. The third-order valence-electron chi connectivity index (χ3n) is 4.66. The first-order chi connectivity index (χ1) is 13.5. The highest BCUT2D eigenvalue weighted by Gasteiger charge is 2.29. The second-order valence-corrected chi connectivity index (χ2v) is 7.66. The molecule has 5 nitrogen and oxygen atoms in total. The van der Waals surface area contributed by atoms with Crippen LogP contribution >= 0.6 is 11.8 Å². The molecule has 0 unspecified atom stereocenters. The van der Waals surface area contributed by atoms with Crippen molar-refractivity contribution >= 4 is 35.0 Å². The van der Waals surface area contributed by atoms with E-state index < -0.39 is 0 Å². The van der Waals surface area contributed by atoms with Crippen molar-refractivity contribution in [3.8, 4) is 0 Å². The van der Waals surface area contributed by atoms with Crippen LogP contribution in [0.15, 0.2) is 70.7 Å². The maximum absolute atomic E-state index is 13.2. The van der Waals surface area contributed by atoms with Crippen molar-refractivity contribution < 1.29 is 9.59 Å². The van der Waals surface area contributed by atoms with Gasteiger partial charge in [-0.1, -0.05) is 42.1 Å². The number of para-hydroxylation sites is 2. The first-order valence-corrected chi connectivity index (χ1v) is 9.76. The van der Waals surface area contributed by atoms with Crippen molar-refractivity contribution in [3.63, 3.8) is 0 Å². The molecule has 1 aliphatic rings. The van der Waals surface area contributed by atoms with E-state index in [0.717, 1.165) is 21.7 Å². The van der Waals surface area contributed by atoms with Gasteiger partial charge >= 0.3 is 0 Å². The van der Waals surface area contributed by atoms with Crippen LogP contribution in [0.5, 0.6) is 0 Å². The quantitative estimate of drug-likeness (QED) is 0.719. The molecule has 1 aromatic heterocycles. The second-order valence-electron chi connectivity index (χ2n) is 6.63. The third kappa shape index (κ3) is 3.39.